The molecule has 0 atom stereocenters. The first-order valence-electron chi connectivity index (χ1n) is 8.68. The first-order chi connectivity index (χ1) is 12.5. The standard InChI is InChI=1S/C21H25N5/c1-16-4-6-18(7-5-16)15-26-13-12-21(24-26)23-20(22)14-17-8-10-19(11-9-17)25(2)3/h4-13H,14-15H2,1-3H3,(H2,22,23,24). The number of anilines is 1. The van der Waals surface area contributed by atoms with Gasteiger partial charge in [-0.15, -0.1) is 0 Å². The van der Waals surface area contributed by atoms with Crippen LogP contribution in [0.15, 0.2) is 65.8 Å². The van der Waals surface area contributed by atoms with Crippen LogP contribution < -0.4 is 10.6 Å². The largest absolute Gasteiger partial charge is 0.387 e. The van der Waals surface area contributed by atoms with Crippen molar-refractivity contribution in [2.45, 2.75) is 19.9 Å². The predicted molar refractivity (Wildman–Crippen MR) is 108 cm³/mol. The van der Waals surface area contributed by atoms with Gasteiger partial charge in [-0.2, -0.15) is 5.10 Å². The smallest absolute Gasteiger partial charge is 0.175 e. The van der Waals surface area contributed by atoms with Gasteiger partial charge in [-0.3, -0.25) is 4.68 Å². The highest BCUT2D eigenvalue weighted by molar-refractivity contribution is 5.84. The second-order valence-corrected chi connectivity index (χ2v) is 6.70. The second kappa shape index (κ2) is 7.87. The molecule has 134 valence electrons. The van der Waals surface area contributed by atoms with Crippen LogP contribution in [0, 0.1) is 6.92 Å². The number of amidine groups is 1. The Morgan fingerprint density at radius 2 is 1.65 bits per heavy atom. The topological polar surface area (TPSA) is 59.4 Å². The lowest BCUT2D eigenvalue weighted by molar-refractivity contribution is 0.688. The summed E-state index contributed by atoms with van der Waals surface area (Å²) in [7, 11) is 4.05. The second-order valence-electron chi connectivity index (χ2n) is 6.70. The fourth-order valence-corrected chi connectivity index (χ4v) is 2.69. The fourth-order valence-electron chi connectivity index (χ4n) is 2.69. The molecule has 0 aliphatic rings. The Bertz CT molecular complexity index is 874. The normalized spacial score (nSPS) is 11.6. The molecule has 2 N–H and O–H groups in total. The fraction of sp³-hybridized carbons (Fsp3) is 0.238. The molecule has 0 bridgehead atoms. The SMILES string of the molecule is Cc1ccc(Cn2ccc(N=C(N)Cc3ccc(N(C)C)cc3)n2)cc1. The molecule has 1 aromatic heterocycles. The van der Waals surface area contributed by atoms with Gasteiger partial charge in [-0.1, -0.05) is 42.0 Å². The number of rotatable bonds is 6. The number of hydrogen-bond donors (Lipinski definition) is 1. The Morgan fingerprint density at radius 3 is 2.31 bits per heavy atom. The van der Waals surface area contributed by atoms with Crippen LogP contribution in [0.2, 0.25) is 0 Å². The van der Waals surface area contributed by atoms with Gasteiger partial charge in [0.2, 0.25) is 0 Å². The quantitative estimate of drug-likeness (QED) is 0.548. The number of nitrogens with two attached hydrogens (primary N) is 1. The van der Waals surface area contributed by atoms with Gasteiger partial charge in [0.25, 0.3) is 0 Å². The maximum atomic E-state index is 6.10. The van der Waals surface area contributed by atoms with Gasteiger partial charge >= 0.3 is 0 Å². The molecule has 1 heterocycles. The van der Waals surface area contributed by atoms with Crippen LogP contribution in [0.25, 0.3) is 0 Å². The van der Waals surface area contributed by atoms with Crippen molar-refractivity contribution in [1.82, 2.24) is 9.78 Å². The van der Waals surface area contributed by atoms with Gasteiger partial charge in [0.05, 0.1) is 6.54 Å². The first kappa shape index (κ1) is 17.7. The Balaban J connectivity index is 1.63. The van der Waals surface area contributed by atoms with Crippen LogP contribution >= 0.6 is 0 Å². The molecule has 26 heavy (non-hydrogen) atoms. The lowest BCUT2D eigenvalue weighted by atomic mass is 10.1. The van der Waals surface area contributed by atoms with Crippen molar-refractivity contribution >= 4 is 17.3 Å². The van der Waals surface area contributed by atoms with Crippen LogP contribution in [-0.4, -0.2) is 29.7 Å². The van der Waals surface area contributed by atoms with Gasteiger partial charge in [0.15, 0.2) is 5.82 Å². The van der Waals surface area contributed by atoms with Crippen LogP contribution in [0.1, 0.15) is 16.7 Å². The van der Waals surface area contributed by atoms with E-state index in [1.165, 1.54) is 16.8 Å². The van der Waals surface area contributed by atoms with Crippen LogP contribution in [-0.2, 0) is 13.0 Å². The average Bonchev–Trinajstić information content (AvgIpc) is 3.04. The van der Waals surface area contributed by atoms with E-state index in [-0.39, 0.29) is 0 Å². The van der Waals surface area contributed by atoms with E-state index < -0.39 is 0 Å². The maximum absolute atomic E-state index is 6.10. The number of benzene rings is 2. The van der Waals surface area contributed by atoms with E-state index in [0.29, 0.717) is 18.1 Å². The number of aliphatic imine (C=N–C) groups is 1. The molecule has 0 fully saturated rings. The highest BCUT2D eigenvalue weighted by Gasteiger charge is 2.03. The van der Waals surface area contributed by atoms with Crippen molar-refractivity contribution < 1.29 is 0 Å². The predicted octanol–water partition coefficient (Wildman–Crippen LogP) is 3.54. The van der Waals surface area contributed by atoms with Crippen LogP contribution in [0.4, 0.5) is 11.5 Å². The third-order valence-corrected chi connectivity index (χ3v) is 4.19. The van der Waals surface area contributed by atoms with E-state index in [1.54, 1.807) is 0 Å². The molecule has 5 nitrogen and oxygen atoms in total. The molecule has 0 amide bonds. The summed E-state index contributed by atoms with van der Waals surface area (Å²) in [6, 6.07) is 18.7. The zero-order valence-corrected chi connectivity index (χ0v) is 15.6. The van der Waals surface area contributed by atoms with Crippen molar-refractivity contribution in [2.75, 3.05) is 19.0 Å². The number of nitrogens with zero attached hydrogens (tertiary/aromatic N) is 4. The molecular formula is C21H25N5. The van der Waals surface area contributed by atoms with E-state index in [4.69, 9.17) is 5.73 Å². The first-order valence-corrected chi connectivity index (χ1v) is 8.68. The van der Waals surface area contributed by atoms with Crippen molar-refractivity contribution in [3.8, 4) is 0 Å². The molecule has 3 rings (SSSR count). The van der Waals surface area contributed by atoms with E-state index in [2.05, 4.69) is 70.4 Å². The molecule has 0 spiro atoms. The molecular weight excluding hydrogens is 322 g/mol. The van der Waals surface area contributed by atoms with Crippen molar-refractivity contribution in [1.29, 1.82) is 0 Å². The Morgan fingerprint density at radius 1 is 1.00 bits per heavy atom. The third-order valence-electron chi connectivity index (χ3n) is 4.19. The average molecular weight is 347 g/mol. The lowest BCUT2D eigenvalue weighted by Gasteiger charge is -2.12. The number of aromatic nitrogens is 2. The van der Waals surface area contributed by atoms with Gasteiger partial charge in [0.1, 0.15) is 5.84 Å². The third kappa shape index (κ3) is 4.72. The zero-order valence-electron chi connectivity index (χ0n) is 15.6. The maximum Gasteiger partial charge on any atom is 0.175 e. The van der Waals surface area contributed by atoms with Gasteiger partial charge in [0, 0.05) is 38.5 Å². The molecule has 0 saturated carbocycles. The zero-order chi connectivity index (χ0) is 18.5. The minimum Gasteiger partial charge on any atom is -0.387 e. The van der Waals surface area contributed by atoms with Crippen LogP contribution in [0.3, 0.4) is 0 Å². The summed E-state index contributed by atoms with van der Waals surface area (Å²) >= 11 is 0. The summed E-state index contributed by atoms with van der Waals surface area (Å²) in [6.45, 7) is 2.81. The van der Waals surface area contributed by atoms with Gasteiger partial charge in [-0.25, -0.2) is 4.99 Å². The Kier molecular flexibility index (Phi) is 5.37. The molecule has 0 unspecified atom stereocenters. The Labute approximate surface area is 154 Å². The lowest BCUT2D eigenvalue weighted by Crippen LogP contribution is -2.15. The number of aryl methyl sites for hydroxylation is 1. The van der Waals surface area contributed by atoms with Crippen molar-refractivity contribution in [3.05, 3.63) is 77.5 Å². The Hall–Kier alpha value is -3.08. The number of hydrogen-bond acceptors (Lipinski definition) is 3. The highest BCUT2D eigenvalue weighted by atomic mass is 15.3. The molecule has 3 aromatic rings. The summed E-state index contributed by atoms with van der Waals surface area (Å²) in [4.78, 5) is 6.51. The molecule has 0 saturated heterocycles. The van der Waals surface area contributed by atoms with E-state index in [1.807, 2.05) is 31.0 Å². The molecule has 2 aromatic carbocycles. The van der Waals surface area contributed by atoms with Crippen molar-refractivity contribution in [3.63, 3.8) is 0 Å². The minimum absolute atomic E-state index is 0.559. The van der Waals surface area contributed by atoms with Crippen molar-refractivity contribution in [2.24, 2.45) is 10.7 Å². The molecule has 5 heteroatoms. The molecule has 0 aliphatic heterocycles. The minimum atomic E-state index is 0.559. The monoisotopic (exact) mass is 347 g/mol. The van der Waals surface area contributed by atoms with E-state index in [9.17, 15) is 0 Å². The summed E-state index contributed by atoms with van der Waals surface area (Å²) in [5.41, 5.74) is 10.9. The van der Waals surface area contributed by atoms with Crippen LogP contribution in [0.5, 0.6) is 0 Å². The highest BCUT2D eigenvalue weighted by Crippen LogP contribution is 2.14. The summed E-state index contributed by atoms with van der Waals surface area (Å²) in [5, 5.41) is 4.49. The summed E-state index contributed by atoms with van der Waals surface area (Å²) < 4.78 is 1.88. The summed E-state index contributed by atoms with van der Waals surface area (Å²) in [5.74, 6) is 1.20. The molecule has 0 aliphatic carbocycles. The summed E-state index contributed by atoms with van der Waals surface area (Å²) in [6.07, 6.45) is 2.54. The van der Waals surface area contributed by atoms with E-state index >= 15 is 0 Å². The van der Waals surface area contributed by atoms with Gasteiger partial charge < -0.3 is 10.6 Å². The molecule has 0 radical (unpaired) electrons. The van der Waals surface area contributed by atoms with Gasteiger partial charge in [-0.05, 0) is 30.2 Å². The van der Waals surface area contributed by atoms with E-state index in [0.717, 1.165) is 12.1 Å².